The molecule has 10 heteroatoms. The first kappa shape index (κ1) is 27.3. The first-order valence-electron chi connectivity index (χ1n) is 12.8. The number of carbonyl (C=O) groups is 1. The van der Waals surface area contributed by atoms with E-state index in [1.165, 1.54) is 0 Å². The molecule has 0 radical (unpaired) electrons. The number of halogens is 1. The number of aromatic nitrogens is 3. The number of rotatable bonds is 6. The summed E-state index contributed by atoms with van der Waals surface area (Å²) in [5, 5.41) is 4.67. The van der Waals surface area contributed by atoms with Gasteiger partial charge in [0.25, 0.3) is 5.91 Å². The van der Waals surface area contributed by atoms with Gasteiger partial charge in [-0.25, -0.2) is 9.97 Å². The Bertz CT molecular complexity index is 1580. The van der Waals surface area contributed by atoms with E-state index in [0.29, 0.717) is 21.6 Å². The van der Waals surface area contributed by atoms with E-state index in [1.54, 1.807) is 37.7 Å². The molecule has 3 aromatic heterocycles. The number of ether oxygens (including phenoxy) is 1. The van der Waals surface area contributed by atoms with Crippen molar-refractivity contribution >= 4 is 46.7 Å². The second-order valence-corrected chi connectivity index (χ2v) is 13.9. The van der Waals surface area contributed by atoms with Crippen molar-refractivity contribution in [1.82, 2.24) is 20.3 Å². The quantitative estimate of drug-likeness (QED) is 0.325. The number of nitrogens with one attached hydrogen (secondary N) is 1. The van der Waals surface area contributed by atoms with Crippen LogP contribution in [-0.2, 0) is 15.8 Å². The summed E-state index contributed by atoms with van der Waals surface area (Å²) in [4.78, 5) is 29.3. The van der Waals surface area contributed by atoms with Gasteiger partial charge in [-0.05, 0) is 75.7 Å². The Morgan fingerprint density at radius 1 is 1.05 bits per heavy atom. The Hall–Kier alpha value is -3.32. The summed E-state index contributed by atoms with van der Waals surface area (Å²) in [5.41, 5.74) is 3.38. The Kier molecular flexibility index (Phi) is 7.72. The summed E-state index contributed by atoms with van der Waals surface area (Å²) in [6, 6.07) is 16.6. The highest BCUT2D eigenvalue weighted by molar-refractivity contribution is 7.70. The predicted molar refractivity (Wildman–Crippen MR) is 157 cm³/mol. The van der Waals surface area contributed by atoms with Crippen molar-refractivity contribution in [2.45, 2.75) is 32.6 Å². The minimum atomic E-state index is -2.62. The molecule has 2 atom stereocenters. The molecule has 4 heterocycles. The normalized spacial score (nSPS) is 17.8. The van der Waals surface area contributed by atoms with Gasteiger partial charge in [-0.3, -0.25) is 9.78 Å². The third-order valence-electron chi connectivity index (χ3n) is 6.59. The zero-order chi connectivity index (χ0) is 27.7. The zero-order valence-electron chi connectivity index (χ0n) is 22.4. The van der Waals surface area contributed by atoms with Crippen molar-refractivity contribution in [2.75, 3.05) is 31.3 Å². The molecule has 0 saturated carbocycles. The first-order chi connectivity index (χ1) is 18.6. The summed E-state index contributed by atoms with van der Waals surface area (Å²) >= 11 is 6.20. The summed E-state index contributed by atoms with van der Waals surface area (Å²) in [7, 11) is -2.62. The molecule has 1 N–H and O–H groups in total. The second-order valence-electron chi connectivity index (χ2n) is 10.3. The summed E-state index contributed by atoms with van der Waals surface area (Å²) in [5.74, 6) is 0.611. The topological polar surface area (TPSA) is 97.3 Å². The standard InChI is InChI=1S/C29H31ClN5O3P/c1-18-16-35(17-19(2)38-18)28-7-5-6-24(34-28)25-11-9-21-14-31-22(13-26(21)33-25)15-32-29(36)20-8-10-23(30)27(12-20)39(3,4)37/h5-14,18-19H,15-17H2,1-4H3,(H,32,36)/t18-,19+. The fourth-order valence-electron chi connectivity index (χ4n) is 4.74. The summed E-state index contributed by atoms with van der Waals surface area (Å²) in [6.45, 7) is 9.21. The van der Waals surface area contributed by atoms with Crippen LogP contribution in [0.15, 0.2) is 60.8 Å². The number of hydrogen-bond acceptors (Lipinski definition) is 7. The second kappa shape index (κ2) is 11.0. The molecule has 39 heavy (non-hydrogen) atoms. The maximum Gasteiger partial charge on any atom is 0.251 e. The monoisotopic (exact) mass is 563 g/mol. The molecule has 1 amide bonds. The van der Waals surface area contributed by atoms with Crippen molar-refractivity contribution in [3.63, 3.8) is 0 Å². The number of morpholine rings is 1. The molecule has 0 unspecified atom stereocenters. The minimum Gasteiger partial charge on any atom is -0.372 e. The van der Waals surface area contributed by atoms with E-state index in [-0.39, 0.29) is 24.7 Å². The SMILES string of the molecule is C[C@@H]1CN(c2cccc(-c3ccc4cnc(CNC(=O)c5ccc(Cl)c(P(C)(C)=O)c5)cc4n3)n2)C[C@H](C)O1. The van der Waals surface area contributed by atoms with Crippen LogP contribution >= 0.6 is 18.7 Å². The molecular weight excluding hydrogens is 533 g/mol. The third-order valence-corrected chi connectivity index (χ3v) is 8.58. The molecule has 1 saturated heterocycles. The van der Waals surface area contributed by atoms with E-state index in [2.05, 4.69) is 29.0 Å². The zero-order valence-corrected chi connectivity index (χ0v) is 24.0. The van der Waals surface area contributed by atoms with Crippen molar-refractivity contribution in [1.29, 1.82) is 0 Å². The van der Waals surface area contributed by atoms with Gasteiger partial charge in [0.05, 0.1) is 46.4 Å². The van der Waals surface area contributed by atoms with Crippen LogP contribution < -0.4 is 15.5 Å². The first-order valence-corrected chi connectivity index (χ1v) is 15.8. The lowest BCUT2D eigenvalue weighted by Crippen LogP contribution is -2.45. The average molecular weight is 564 g/mol. The van der Waals surface area contributed by atoms with Gasteiger partial charge < -0.3 is 19.5 Å². The molecule has 1 aliphatic rings. The van der Waals surface area contributed by atoms with Gasteiger partial charge in [-0.1, -0.05) is 17.7 Å². The Labute approximate surface area is 233 Å². The number of nitrogens with zero attached hydrogens (tertiary/aromatic N) is 4. The molecule has 5 rings (SSSR count). The Balaban J connectivity index is 1.34. The lowest BCUT2D eigenvalue weighted by Gasteiger charge is -2.36. The van der Waals surface area contributed by atoms with Crippen LogP contribution in [0.3, 0.4) is 0 Å². The molecule has 8 nitrogen and oxygen atoms in total. The maximum atomic E-state index is 12.8. The van der Waals surface area contributed by atoms with Crippen molar-refractivity contribution in [2.24, 2.45) is 0 Å². The van der Waals surface area contributed by atoms with Gasteiger partial charge in [0, 0.05) is 35.5 Å². The molecule has 0 spiro atoms. The van der Waals surface area contributed by atoms with Crippen molar-refractivity contribution in [3.8, 4) is 11.4 Å². The van der Waals surface area contributed by atoms with E-state index in [4.69, 9.17) is 26.3 Å². The predicted octanol–water partition coefficient (Wildman–Crippen LogP) is 5.14. The van der Waals surface area contributed by atoms with Crippen LogP contribution in [-0.4, -0.2) is 59.5 Å². The highest BCUT2D eigenvalue weighted by atomic mass is 35.5. The van der Waals surface area contributed by atoms with E-state index in [9.17, 15) is 9.36 Å². The third kappa shape index (κ3) is 6.30. The fourth-order valence-corrected chi connectivity index (χ4v) is 6.51. The number of fused-ring (bicyclic) bond motifs is 1. The average Bonchev–Trinajstić information content (AvgIpc) is 2.90. The van der Waals surface area contributed by atoms with Crippen LogP contribution in [0.1, 0.15) is 29.9 Å². The fraction of sp³-hybridized carbons (Fsp3) is 0.310. The number of pyridine rings is 3. The molecule has 202 valence electrons. The van der Waals surface area contributed by atoms with Crippen LogP contribution in [0.5, 0.6) is 0 Å². The van der Waals surface area contributed by atoms with E-state index >= 15 is 0 Å². The molecule has 4 aromatic rings. The summed E-state index contributed by atoms with van der Waals surface area (Å²) in [6.07, 6.45) is 2.04. The lowest BCUT2D eigenvalue weighted by atomic mass is 10.1. The number of amides is 1. The number of hydrogen-bond donors (Lipinski definition) is 1. The van der Waals surface area contributed by atoms with Gasteiger partial charge in [-0.15, -0.1) is 0 Å². The van der Waals surface area contributed by atoms with Gasteiger partial charge in [0.2, 0.25) is 0 Å². The molecule has 1 fully saturated rings. The van der Waals surface area contributed by atoms with Crippen LogP contribution in [0.25, 0.3) is 22.3 Å². The van der Waals surface area contributed by atoms with Gasteiger partial charge >= 0.3 is 0 Å². The van der Waals surface area contributed by atoms with E-state index < -0.39 is 7.14 Å². The molecular formula is C29H31ClN5O3P. The molecule has 0 bridgehead atoms. The maximum absolute atomic E-state index is 12.8. The number of carbonyl (C=O) groups excluding carboxylic acids is 1. The van der Waals surface area contributed by atoms with Crippen LogP contribution in [0.4, 0.5) is 5.82 Å². The van der Waals surface area contributed by atoms with E-state index in [1.807, 2.05) is 36.4 Å². The molecule has 1 aliphatic heterocycles. The molecule has 0 aliphatic carbocycles. The Morgan fingerprint density at radius 3 is 2.54 bits per heavy atom. The van der Waals surface area contributed by atoms with Crippen LogP contribution in [0.2, 0.25) is 5.02 Å². The van der Waals surface area contributed by atoms with Gasteiger partial charge in [0.15, 0.2) is 0 Å². The smallest absolute Gasteiger partial charge is 0.251 e. The number of anilines is 1. The Morgan fingerprint density at radius 2 is 1.79 bits per heavy atom. The number of benzene rings is 1. The highest BCUT2D eigenvalue weighted by Crippen LogP contribution is 2.37. The van der Waals surface area contributed by atoms with Gasteiger partial charge in [0.1, 0.15) is 13.0 Å². The van der Waals surface area contributed by atoms with Crippen molar-refractivity contribution < 1.29 is 14.1 Å². The lowest BCUT2D eigenvalue weighted by molar-refractivity contribution is -0.00545. The van der Waals surface area contributed by atoms with Crippen LogP contribution in [0, 0.1) is 0 Å². The highest BCUT2D eigenvalue weighted by Gasteiger charge is 2.23. The summed E-state index contributed by atoms with van der Waals surface area (Å²) < 4.78 is 18.4. The minimum absolute atomic E-state index is 0.145. The largest absolute Gasteiger partial charge is 0.372 e. The van der Waals surface area contributed by atoms with Crippen molar-refractivity contribution in [3.05, 3.63) is 77.1 Å². The van der Waals surface area contributed by atoms with Gasteiger partial charge in [-0.2, -0.15) is 0 Å². The molecule has 1 aromatic carbocycles. The van der Waals surface area contributed by atoms with E-state index in [0.717, 1.165) is 41.2 Å².